The Morgan fingerprint density at radius 1 is 1.43 bits per heavy atom. The molecule has 0 N–H and O–H groups in total. The van der Waals surface area contributed by atoms with Gasteiger partial charge in [0.05, 0.1) is 5.75 Å². The molecule has 0 aromatic heterocycles. The van der Waals surface area contributed by atoms with Gasteiger partial charge in [-0.05, 0) is 11.6 Å². The Kier molecular flexibility index (Phi) is 3.06. The fourth-order valence-electron chi connectivity index (χ4n) is 0.896. The highest BCUT2D eigenvalue weighted by Crippen LogP contribution is 2.11. The molecule has 0 spiro atoms. The van der Waals surface area contributed by atoms with Gasteiger partial charge in [0.2, 0.25) is 10.0 Å². The largest absolute Gasteiger partial charge is 0.239 e. The van der Waals surface area contributed by atoms with Crippen molar-refractivity contribution in [3.8, 4) is 0 Å². The Hall–Kier alpha value is -1.59. The van der Waals surface area contributed by atoms with E-state index in [2.05, 4.69) is 9.43 Å². The van der Waals surface area contributed by atoms with E-state index in [1.54, 1.807) is 0 Å². The van der Waals surface area contributed by atoms with Crippen molar-refractivity contribution in [3.05, 3.63) is 46.1 Å². The van der Waals surface area contributed by atoms with Crippen molar-refractivity contribution in [1.82, 2.24) is 0 Å². The fraction of sp³-hybridized carbons (Fsp3) is 0.143. The van der Waals surface area contributed by atoms with Crippen LogP contribution in [0.1, 0.15) is 5.56 Å². The number of benzene rings is 1. The van der Waals surface area contributed by atoms with Crippen LogP contribution in [0.15, 0.2) is 28.8 Å². The lowest BCUT2D eigenvalue weighted by molar-refractivity contribution is 0.588. The van der Waals surface area contributed by atoms with E-state index in [1.807, 2.05) is 0 Å². The van der Waals surface area contributed by atoms with E-state index in [4.69, 9.17) is 5.53 Å². The summed E-state index contributed by atoms with van der Waals surface area (Å²) in [6, 6.07) is 5.41. The van der Waals surface area contributed by atoms with Gasteiger partial charge in [0.1, 0.15) is 5.82 Å². The highest BCUT2D eigenvalue weighted by molar-refractivity contribution is 7.89. The van der Waals surface area contributed by atoms with E-state index >= 15 is 0 Å². The van der Waals surface area contributed by atoms with Crippen molar-refractivity contribution in [2.45, 2.75) is 5.75 Å². The summed E-state index contributed by atoms with van der Waals surface area (Å²) in [6.45, 7) is 0. The van der Waals surface area contributed by atoms with Crippen LogP contribution in [0.3, 0.4) is 0 Å². The first-order valence-corrected chi connectivity index (χ1v) is 5.18. The van der Waals surface area contributed by atoms with Crippen LogP contribution in [0.2, 0.25) is 0 Å². The predicted molar refractivity (Wildman–Crippen MR) is 48.2 cm³/mol. The Bertz CT molecular complexity index is 479. The van der Waals surface area contributed by atoms with Crippen LogP contribution in [-0.2, 0) is 15.8 Å². The van der Waals surface area contributed by atoms with E-state index in [9.17, 15) is 12.8 Å². The number of halogens is 1. The molecule has 0 unspecified atom stereocenters. The average Bonchev–Trinajstić information content (AvgIpc) is 2.08. The summed E-state index contributed by atoms with van der Waals surface area (Å²) in [5.41, 5.74) is 7.92. The third-order valence-electron chi connectivity index (χ3n) is 1.46. The van der Waals surface area contributed by atoms with Crippen LogP contribution >= 0.6 is 0 Å². The molecule has 0 heterocycles. The molecular formula is C7H6FN3O2S. The fourth-order valence-corrected chi connectivity index (χ4v) is 1.69. The molecule has 1 rings (SSSR count). The summed E-state index contributed by atoms with van der Waals surface area (Å²) < 4.78 is 37.5. The summed E-state index contributed by atoms with van der Waals surface area (Å²) in [5, 5.41) is 0. The van der Waals surface area contributed by atoms with Crippen molar-refractivity contribution >= 4 is 10.0 Å². The second-order valence-electron chi connectivity index (χ2n) is 2.49. The van der Waals surface area contributed by atoms with Crippen molar-refractivity contribution in [2.75, 3.05) is 0 Å². The lowest BCUT2D eigenvalue weighted by atomic mass is 10.2. The molecule has 74 valence electrons. The van der Waals surface area contributed by atoms with Gasteiger partial charge in [-0.2, -0.15) is 0 Å². The van der Waals surface area contributed by atoms with Gasteiger partial charge in [0, 0.05) is 15.0 Å². The summed E-state index contributed by atoms with van der Waals surface area (Å²) in [4.78, 5) is 2.15. The van der Waals surface area contributed by atoms with Gasteiger partial charge in [-0.3, -0.25) is 0 Å². The SMILES string of the molecule is [N-]=[N+]=NS(=O)(=O)Cc1ccccc1F. The summed E-state index contributed by atoms with van der Waals surface area (Å²) in [6.07, 6.45) is 0. The van der Waals surface area contributed by atoms with Crippen LogP contribution in [-0.4, -0.2) is 8.42 Å². The molecule has 14 heavy (non-hydrogen) atoms. The molecule has 0 aliphatic rings. The quantitative estimate of drug-likeness (QED) is 0.438. The predicted octanol–water partition coefficient (Wildman–Crippen LogP) is 1.97. The first-order chi connectivity index (χ1) is 6.55. The van der Waals surface area contributed by atoms with Crippen LogP contribution in [0, 0.1) is 5.82 Å². The third kappa shape index (κ3) is 2.72. The van der Waals surface area contributed by atoms with E-state index < -0.39 is 21.6 Å². The normalized spacial score (nSPS) is 10.6. The molecule has 0 saturated carbocycles. The van der Waals surface area contributed by atoms with Crippen LogP contribution < -0.4 is 0 Å². The minimum absolute atomic E-state index is 0.0140. The molecule has 0 amide bonds. The Morgan fingerprint density at radius 2 is 2.07 bits per heavy atom. The van der Waals surface area contributed by atoms with Gasteiger partial charge in [-0.15, -0.1) is 0 Å². The van der Waals surface area contributed by atoms with E-state index in [1.165, 1.54) is 18.2 Å². The molecule has 1 aromatic carbocycles. The van der Waals surface area contributed by atoms with Gasteiger partial charge in [-0.1, -0.05) is 18.2 Å². The average molecular weight is 215 g/mol. The molecule has 0 atom stereocenters. The molecule has 0 aliphatic carbocycles. The molecule has 0 saturated heterocycles. The highest BCUT2D eigenvalue weighted by Gasteiger charge is 2.11. The topological polar surface area (TPSA) is 82.9 Å². The minimum Gasteiger partial charge on any atom is -0.221 e. The molecule has 0 fully saturated rings. The lowest BCUT2D eigenvalue weighted by Crippen LogP contribution is -2.01. The maximum absolute atomic E-state index is 13.0. The summed E-state index contributed by atoms with van der Waals surface area (Å²) in [5.74, 6) is -1.26. The molecule has 1 aromatic rings. The monoisotopic (exact) mass is 215 g/mol. The lowest BCUT2D eigenvalue weighted by Gasteiger charge is -1.99. The zero-order chi connectivity index (χ0) is 10.6. The molecule has 5 nitrogen and oxygen atoms in total. The number of hydrogen-bond donors (Lipinski definition) is 0. The number of sulfonamides is 1. The number of rotatable bonds is 3. The third-order valence-corrected chi connectivity index (χ3v) is 2.45. The Balaban J connectivity index is 3.01. The van der Waals surface area contributed by atoms with E-state index in [0.717, 1.165) is 6.07 Å². The van der Waals surface area contributed by atoms with Crippen LogP contribution in [0.5, 0.6) is 0 Å². The van der Waals surface area contributed by atoms with Crippen molar-refractivity contribution in [3.63, 3.8) is 0 Å². The van der Waals surface area contributed by atoms with Crippen LogP contribution in [0.4, 0.5) is 4.39 Å². The molecule has 0 bridgehead atoms. The van der Waals surface area contributed by atoms with Gasteiger partial charge in [-0.25, -0.2) is 12.8 Å². The van der Waals surface area contributed by atoms with Crippen molar-refractivity contribution < 1.29 is 12.8 Å². The van der Waals surface area contributed by atoms with Crippen LogP contribution in [0.25, 0.3) is 10.4 Å². The smallest absolute Gasteiger partial charge is 0.221 e. The van der Waals surface area contributed by atoms with E-state index in [-0.39, 0.29) is 5.56 Å². The standard InChI is InChI=1S/C7H6FN3O2S/c8-7-4-2-1-3-6(7)5-14(12,13)11-10-9/h1-4H,5H2. The van der Waals surface area contributed by atoms with Gasteiger partial charge < -0.3 is 0 Å². The molecule has 0 radical (unpaired) electrons. The maximum Gasteiger partial charge on any atom is 0.239 e. The highest BCUT2D eigenvalue weighted by atomic mass is 32.2. The first kappa shape index (κ1) is 10.5. The maximum atomic E-state index is 13.0. The second kappa shape index (κ2) is 4.08. The zero-order valence-corrected chi connectivity index (χ0v) is 7.78. The van der Waals surface area contributed by atoms with Gasteiger partial charge >= 0.3 is 0 Å². The second-order valence-corrected chi connectivity index (χ2v) is 4.10. The van der Waals surface area contributed by atoms with Gasteiger partial charge in [0.15, 0.2) is 0 Å². The molecular weight excluding hydrogens is 209 g/mol. The molecule has 0 aliphatic heterocycles. The number of hydrogen-bond acceptors (Lipinski definition) is 2. The Morgan fingerprint density at radius 3 is 2.64 bits per heavy atom. The minimum atomic E-state index is -3.94. The van der Waals surface area contributed by atoms with Crippen molar-refractivity contribution in [2.24, 2.45) is 4.52 Å². The summed E-state index contributed by atoms with van der Waals surface area (Å²) in [7, 11) is -3.94. The summed E-state index contributed by atoms with van der Waals surface area (Å²) >= 11 is 0. The molecule has 7 heteroatoms. The Labute approximate surface area is 79.9 Å². The zero-order valence-electron chi connectivity index (χ0n) is 6.96. The van der Waals surface area contributed by atoms with E-state index in [0.29, 0.717) is 0 Å². The van der Waals surface area contributed by atoms with Crippen molar-refractivity contribution in [1.29, 1.82) is 0 Å². The van der Waals surface area contributed by atoms with Gasteiger partial charge in [0.25, 0.3) is 0 Å². The number of nitrogens with zero attached hydrogens (tertiary/aromatic N) is 3. The first-order valence-electron chi connectivity index (χ1n) is 3.57. The number of azide groups is 1.